The molecule has 0 N–H and O–H groups in total. The Morgan fingerprint density at radius 3 is 0.898 bits per heavy atom. The second kappa shape index (κ2) is 53.5. The summed E-state index contributed by atoms with van der Waals surface area (Å²) < 4.78 is 11.1. The molecule has 0 aromatic rings. The molecule has 0 aliphatic rings. The molecule has 49 heavy (non-hydrogen) atoms. The maximum absolute atomic E-state index is 5.97. The van der Waals surface area contributed by atoms with Crippen molar-refractivity contribution in [3.8, 4) is 35.1 Å². The maximum Gasteiger partial charge on any atom is 1.00 e. The van der Waals surface area contributed by atoms with Crippen LogP contribution in [0.15, 0.2) is 19.0 Å². The molecule has 0 atom stereocenters. The molecule has 0 spiro atoms. The Balaban J connectivity index is -0.0000000293. The summed E-state index contributed by atoms with van der Waals surface area (Å²) in [4.78, 5) is 0. The summed E-state index contributed by atoms with van der Waals surface area (Å²) in [6.45, 7) is 26.2. The summed E-state index contributed by atoms with van der Waals surface area (Å²) in [5.41, 5.74) is 3.18. The van der Waals surface area contributed by atoms with Gasteiger partial charge in [0.1, 0.15) is 8.98 Å². The van der Waals surface area contributed by atoms with Gasteiger partial charge in [-0.1, -0.05) is 103 Å². The molecule has 0 amide bonds. The van der Waals surface area contributed by atoms with Crippen LogP contribution >= 0.6 is 91.8 Å². The van der Waals surface area contributed by atoms with Gasteiger partial charge in [-0.2, -0.15) is 6.42 Å². The zero-order chi connectivity index (χ0) is 35.4. The molecule has 0 saturated heterocycles. The van der Waals surface area contributed by atoms with Crippen LogP contribution in [0, 0.1) is 67.8 Å². The normalized spacial score (nSPS) is 8.16. The molecule has 0 aliphatic heterocycles. The van der Waals surface area contributed by atoms with Gasteiger partial charge >= 0.3 is 94.3 Å². The number of allylic oxidation sites excluding steroid dienone is 2. The minimum Gasteiger partial charge on any atom is -0.500 e. The van der Waals surface area contributed by atoms with E-state index in [2.05, 4.69) is 58.0 Å². The van der Waals surface area contributed by atoms with Crippen LogP contribution in [0.3, 0.4) is 0 Å². The van der Waals surface area contributed by atoms with Gasteiger partial charge in [0.15, 0.2) is 8.32 Å². The van der Waals surface area contributed by atoms with Gasteiger partial charge in [0.2, 0.25) is 0 Å². The Hall–Kier alpha value is 3.37. The fourth-order valence-electron chi connectivity index (χ4n) is 1.84. The monoisotopic (exact) mass is 866 g/mol. The van der Waals surface area contributed by atoms with Crippen molar-refractivity contribution >= 4 is 124 Å². The van der Waals surface area contributed by atoms with Gasteiger partial charge in [-0.05, 0) is 65.8 Å². The SMILES string of the molecule is C.C.CC#C[Si](C)(C)O[Si](C)(C)C.C[Si](C)(Cl)O[Si](C)(C)Cl.ClC(Cl)=C(Cl)C(Cl)=C(Cl)Cl.[C-]#CC#[C-].[C-]#CC#[C-].[CH2-]CCC.[Li+].[Li+].[Li+].[Li+].[Li+]. The smallest absolute Gasteiger partial charge is 0.500 e. The topological polar surface area (TPSA) is 18.5 Å². The largest absolute Gasteiger partial charge is 1.00 e. The maximum atomic E-state index is 5.97. The Bertz CT molecular complexity index is 948. The zero-order valence-electron chi connectivity index (χ0n) is 31.0. The first-order valence-electron chi connectivity index (χ1n) is 11.8. The third-order valence-corrected chi connectivity index (χ3v) is 15.1. The van der Waals surface area contributed by atoms with Gasteiger partial charge in [-0.3, -0.25) is 0 Å². The molecule has 0 rings (SSSR count). The van der Waals surface area contributed by atoms with Gasteiger partial charge in [-0.15, -0.1) is 28.1 Å². The summed E-state index contributed by atoms with van der Waals surface area (Å²) in [7, 11) is -6.79. The van der Waals surface area contributed by atoms with E-state index in [0.717, 1.165) is 6.42 Å². The van der Waals surface area contributed by atoms with Crippen molar-refractivity contribution in [2.75, 3.05) is 0 Å². The second-order valence-electron chi connectivity index (χ2n) is 9.43. The molecular formula is C30H47Cl8Li5O2Si4. The van der Waals surface area contributed by atoms with Crippen molar-refractivity contribution in [2.45, 2.75) is 100 Å². The van der Waals surface area contributed by atoms with Crippen LogP contribution in [0.5, 0.6) is 0 Å². The molecule has 0 aromatic heterocycles. The Morgan fingerprint density at radius 1 is 0.592 bits per heavy atom. The minimum absolute atomic E-state index is 0. The Morgan fingerprint density at radius 2 is 0.816 bits per heavy atom. The van der Waals surface area contributed by atoms with Crippen molar-refractivity contribution in [3.63, 3.8) is 0 Å². The molecule has 0 heterocycles. The summed E-state index contributed by atoms with van der Waals surface area (Å²) in [6, 6.07) is 0. The third-order valence-electron chi connectivity index (χ3n) is 2.48. The van der Waals surface area contributed by atoms with Crippen molar-refractivity contribution in [1.29, 1.82) is 0 Å². The van der Waals surface area contributed by atoms with E-state index >= 15 is 0 Å². The van der Waals surface area contributed by atoms with E-state index in [1.165, 1.54) is 6.42 Å². The minimum atomic E-state index is -1.89. The van der Waals surface area contributed by atoms with Gasteiger partial charge in [0.05, 0.1) is 10.1 Å². The molecule has 2 nitrogen and oxygen atoms in total. The third kappa shape index (κ3) is 106. The van der Waals surface area contributed by atoms with Crippen molar-refractivity contribution < 1.29 is 103 Å². The van der Waals surface area contributed by atoms with Crippen molar-refractivity contribution in [1.82, 2.24) is 0 Å². The molecule has 256 valence electrons. The molecule has 0 saturated carbocycles. The number of hydrogen-bond donors (Lipinski definition) is 0. The van der Waals surface area contributed by atoms with Crippen LogP contribution in [-0.4, -0.2) is 31.9 Å². The van der Waals surface area contributed by atoms with Crippen LogP contribution in [0.25, 0.3) is 0 Å². The first kappa shape index (κ1) is 89.2. The predicted octanol–water partition coefficient (Wildman–Crippen LogP) is -1.51. The van der Waals surface area contributed by atoms with E-state index < -0.39 is 31.9 Å². The summed E-state index contributed by atoms with van der Waals surface area (Å²) in [6.07, 6.45) is 25.9. The quantitative estimate of drug-likeness (QED) is 0.107. The number of rotatable bonds is 6. The van der Waals surface area contributed by atoms with E-state index in [1.807, 2.05) is 33.1 Å². The second-order valence-corrected chi connectivity index (χ2v) is 32.1. The molecule has 0 bridgehead atoms. The Kier molecular flexibility index (Phi) is 97.3. The fraction of sp³-hybridized carbons (Fsp3) is 0.500. The average molecular weight is 870 g/mol. The van der Waals surface area contributed by atoms with E-state index in [1.54, 1.807) is 23.7 Å². The van der Waals surface area contributed by atoms with Crippen molar-refractivity contribution in [3.05, 3.63) is 51.7 Å². The van der Waals surface area contributed by atoms with E-state index in [9.17, 15) is 0 Å². The number of halogens is 8. The van der Waals surface area contributed by atoms with Crippen LogP contribution in [0.2, 0.25) is 58.9 Å². The zero-order valence-corrected chi connectivity index (χ0v) is 41.0. The fourth-order valence-corrected chi connectivity index (χ4v) is 18.0. The summed E-state index contributed by atoms with van der Waals surface area (Å²) in [5.74, 6) is 9.33. The number of hydrogen-bond acceptors (Lipinski definition) is 2. The van der Waals surface area contributed by atoms with Gasteiger partial charge in [-0.25, -0.2) is 0 Å². The summed E-state index contributed by atoms with van der Waals surface area (Å²) >= 11 is 43.6. The average Bonchev–Trinajstić information content (AvgIpc) is 2.80. The molecule has 19 heteroatoms. The molecule has 0 aromatic carbocycles. The van der Waals surface area contributed by atoms with E-state index in [4.69, 9.17) is 126 Å². The number of unbranched alkanes of at least 4 members (excludes halogenated alkanes) is 1. The van der Waals surface area contributed by atoms with Gasteiger partial charge in [0.25, 0.3) is 23.6 Å². The standard InChI is InChI=1S/C8H18OSi2.C4Cl6.C4H12Cl2OSi2.C4H9.2C4.2CH4.5Li/c1-7-8-11(5,6)9-10(2,3)4;5-1(3(7)8)2(6)4(9)10;1-8(2,5)7-9(3,4)6;3*1-3-4-2;;;;;;;/h1-6H3;;1-4H3;1,3-4H2,2H3;;;2*1H4;;;;;/q;;;-1;2*-2;;;5*+1. The van der Waals surface area contributed by atoms with Gasteiger partial charge in [0, 0.05) is 0 Å². The van der Waals surface area contributed by atoms with E-state index in [-0.39, 0.29) is 128 Å². The molecule has 0 radical (unpaired) electrons. The Labute approximate surface area is 408 Å². The first-order chi connectivity index (χ1) is 18.7. The van der Waals surface area contributed by atoms with Crippen LogP contribution in [0.4, 0.5) is 0 Å². The summed E-state index contributed by atoms with van der Waals surface area (Å²) in [5, 5.41) is -0.130. The van der Waals surface area contributed by atoms with E-state index in [0.29, 0.717) is 0 Å². The first-order valence-corrected chi connectivity index (χ1v) is 28.2. The van der Waals surface area contributed by atoms with Gasteiger partial charge < -0.3 is 64.5 Å². The van der Waals surface area contributed by atoms with Crippen molar-refractivity contribution in [2.24, 2.45) is 0 Å². The van der Waals surface area contributed by atoms with Crippen LogP contribution < -0.4 is 94.3 Å². The van der Waals surface area contributed by atoms with Crippen LogP contribution in [0.1, 0.15) is 41.5 Å². The predicted molar refractivity (Wildman–Crippen MR) is 215 cm³/mol. The molecular weight excluding hydrogens is 823 g/mol. The molecule has 0 fully saturated rings. The molecule has 0 unspecified atom stereocenters. The van der Waals surface area contributed by atoms with Crippen LogP contribution in [-0.2, 0) is 8.23 Å². The molecule has 0 aliphatic carbocycles.